The van der Waals surface area contributed by atoms with Crippen LogP contribution in [-0.2, 0) is 6.61 Å². The summed E-state index contributed by atoms with van der Waals surface area (Å²) in [7, 11) is 1.64. The highest BCUT2D eigenvalue weighted by atomic mass is 79.9. The third-order valence-corrected chi connectivity index (χ3v) is 4.33. The van der Waals surface area contributed by atoms with Gasteiger partial charge in [-0.05, 0) is 27.6 Å². The van der Waals surface area contributed by atoms with E-state index < -0.39 is 0 Å². The lowest BCUT2D eigenvalue weighted by atomic mass is 10.2. The first-order valence-corrected chi connectivity index (χ1v) is 7.68. The number of benzene rings is 2. The van der Waals surface area contributed by atoms with Gasteiger partial charge in [0.2, 0.25) is 0 Å². The first-order valence-electron chi connectivity index (χ1n) is 6.07. The van der Waals surface area contributed by atoms with Crippen molar-refractivity contribution in [1.82, 2.24) is 4.98 Å². The molecule has 0 aliphatic heterocycles. The molecule has 0 saturated heterocycles. The number of hydrogen-bond acceptors (Lipinski definition) is 4. The van der Waals surface area contributed by atoms with E-state index in [0.29, 0.717) is 6.61 Å². The number of thiazole rings is 1. The van der Waals surface area contributed by atoms with Crippen LogP contribution in [-0.4, -0.2) is 12.1 Å². The van der Waals surface area contributed by atoms with Gasteiger partial charge in [0, 0.05) is 6.07 Å². The molecule has 0 aliphatic rings. The van der Waals surface area contributed by atoms with Gasteiger partial charge in [-0.15, -0.1) is 11.3 Å². The molecule has 102 valence electrons. The SMILES string of the molecule is COc1cc(OCc2ccccc2)cc2sc(Br)nc12. The zero-order valence-electron chi connectivity index (χ0n) is 10.8. The quantitative estimate of drug-likeness (QED) is 0.687. The third-order valence-electron chi connectivity index (χ3n) is 2.88. The largest absolute Gasteiger partial charge is 0.494 e. The van der Waals surface area contributed by atoms with E-state index in [1.807, 2.05) is 42.5 Å². The number of aromatic nitrogens is 1. The minimum atomic E-state index is 0.537. The van der Waals surface area contributed by atoms with Crippen molar-refractivity contribution in [1.29, 1.82) is 0 Å². The predicted octanol–water partition coefficient (Wildman–Crippen LogP) is 4.65. The molecule has 0 fully saturated rings. The van der Waals surface area contributed by atoms with Crippen LogP contribution in [0.4, 0.5) is 0 Å². The number of nitrogens with zero attached hydrogens (tertiary/aromatic N) is 1. The van der Waals surface area contributed by atoms with Crippen molar-refractivity contribution in [3.8, 4) is 11.5 Å². The molecule has 3 aromatic rings. The maximum absolute atomic E-state index is 5.84. The van der Waals surface area contributed by atoms with E-state index in [9.17, 15) is 0 Å². The fourth-order valence-corrected chi connectivity index (χ4v) is 3.36. The second kappa shape index (κ2) is 5.81. The van der Waals surface area contributed by atoms with Crippen LogP contribution in [0.1, 0.15) is 5.56 Å². The highest BCUT2D eigenvalue weighted by Crippen LogP contribution is 2.36. The molecule has 0 amide bonds. The van der Waals surface area contributed by atoms with E-state index in [0.717, 1.165) is 31.2 Å². The fraction of sp³-hybridized carbons (Fsp3) is 0.133. The molecule has 0 atom stereocenters. The van der Waals surface area contributed by atoms with Gasteiger partial charge < -0.3 is 9.47 Å². The smallest absolute Gasteiger partial charge is 0.160 e. The van der Waals surface area contributed by atoms with Crippen molar-refractivity contribution in [3.05, 3.63) is 51.9 Å². The number of rotatable bonds is 4. The zero-order chi connectivity index (χ0) is 13.9. The Balaban J connectivity index is 1.88. The van der Waals surface area contributed by atoms with Crippen LogP contribution < -0.4 is 9.47 Å². The van der Waals surface area contributed by atoms with Crippen molar-refractivity contribution in [2.45, 2.75) is 6.61 Å². The van der Waals surface area contributed by atoms with E-state index in [1.165, 1.54) is 0 Å². The molecule has 20 heavy (non-hydrogen) atoms. The Kier molecular flexibility index (Phi) is 3.89. The van der Waals surface area contributed by atoms with E-state index in [1.54, 1.807) is 18.4 Å². The Morgan fingerprint density at radius 2 is 2.00 bits per heavy atom. The van der Waals surface area contributed by atoms with Gasteiger partial charge in [0.1, 0.15) is 23.6 Å². The molecule has 0 aliphatic carbocycles. The second-order valence-corrected chi connectivity index (χ2v) is 6.52. The maximum atomic E-state index is 5.84. The van der Waals surface area contributed by atoms with Crippen molar-refractivity contribution in [2.75, 3.05) is 7.11 Å². The van der Waals surface area contributed by atoms with E-state index in [2.05, 4.69) is 20.9 Å². The van der Waals surface area contributed by atoms with Gasteiger partial charge >= 0.3 is 0 Å². The molecule has 0 radical (unpaired) electrons. The Hall–Kier alpha value is -1.59. The average Bonchev–Trinajstić information content (AvgIpc) is 2.85. The van der Waals surface area contributed by atoms with Crippen molar-refractivity contribution in [3.63, 3.8) is 0 Å². The molecule has 0 saturated carbocycles. The first kappa shape index (κ1) is 13.4. The number of halogens is 1. The Morgan fingerprint density at radius 3 is 2.75 bits per heavy atom. The summed E-state index contributed by atoms with van der Waals surface area (Å²) in [5.41, 5.74) is 1.99. The Bertz CT molecular complexity index is 727. The minimum Gasteiger partial charge on any atom is -0.494 e. The molecular weight excluding hydrogens is 338 g/mol. The van der Waals surface area contributed by atoms with E-state index >= 15 is 0 Å². The highest BCUT2D eigenvalue weighted by molar-refractivity contribution is 9.11. The molecule has 0 bridgehead atoms. The van der Waals surface area contributed by atoms with Gasteiger partial charge in [0.25, 0.3) is 0 Å². The summed E-state index contributed by atoms with van der Waals surface area (Å²) >= 11 is 4.96. The summed E-state index contributed by atoms with van der Waals surface area (Å²) in [6.07, 6.45) is 0. The lowest BCUT2D eigenvalue weighted by molar-refractivity contribution is 0.304. The van der Waals surface area contributed by atoms with Crippen LogP contribution in [0.5, 0.6) is 11.5 Å². The number of fused-ring (bicyclic) bond motifs is 1. The van der Waals surface area contributed by atoms with Crippen molar-refractivity contribution < 1.29 is 9.47 Å². The van der Waals surface area contributed by atoms with Crippen LogP contribution in [0.3, 0.4) is 0 Å². The van der Waals surface area contributed by atoms with Crippen LogP contribution in [0.15, 0.2) is 46.4 Å². The van der Waals surface area contributed by atoms with Crippen LogP contribution in [0.25, 0.3) is 10.2 Å². The maximum Gasteiger partial charge on any atom is 0.160 e. The lowest BCUT2D eigenvalue weighted by Gasteiger charge is -2.08. The molecule has 0 N–H and O–H groups in total. The standard InChI is InChI=1S/C15H12BrNO2S/c1-18-12-7-11(8-13-14(12)17-15(16)20-13)19-9-10-5-3-2-4-6-10/h2-8H,9H2,1H3. The van der Waals surface area contributed by atoms with Crippen LogP contribution in [0, 0.1) is 0 Å². The van der Waals surface area contributed by atoms with Gasteiger partial charge in [-0.2, -0.15) is 0 Å². The van der Waals surface area contributed by atoms with E-state index in [-0.39, 0.29) is 0 Å². The number of hydrogen-bond donors (Lipinski definition) is 0. The van der Waals surface area contributed by atoms with E-state index in [4.69, 9.17) is 9.47 Å². The summed E-state index contributed by atoms with van der Waals surface area (Å²) in [4.78, 5) is 4.40. The fourth-order valence-electron chi connectivity index (χ4n) is 1.93. The molecule has 1 heterocycles. The minimum absolute atomic E-state index is 0.537. The zero-order valence-corrected chi connectivity index (χ0v) is 13.2. The molecule has 5 heteroatoms. The monoisotopic (exact) mass is 349 g/mol. The van der Waals surface area contributed by atoms with Crippen molar-refractivity contribution in [2.24, 2.45) is 0 Å². The normalized spacial score (nSPS) is 10.7. The molecule has 3 nitrogen and oxygen atoms in total. The molecule has 3 rings (SSSR count). The van der Waals surface area contributed by atoms with Gasteiger partial charge in [-0.3, -0.25) is 0 Å². The highest BCUT2D eigenvalue weighted by Gasteiger charge is 2.10. The summed E-state index contributed by atoms with van der Waals surface area (Å²) in [5, 5.41) is 0. The van der Waals surface area contributed by atoms with Gasteiger partial charge in [0.05, 0.1) is 11.8 Å². The first-order chi connectivity index (χ1) is 9.76. The number of ether oxygens (including phenoxy) is 2. The summed E-state index contributed by atoms with van der Waals surface area (Å²) in [5.74, 6) is 1.52. The summed E-state index contributed by atoms with van der Waals surface area (Å²) < 4.78 is 13.1. The lowest BCUT2D eigenvalue weighted by Crippen LogP contribution is -1.95. The molecular formula is C15H12BrNO2S. The van der Waals surface area contributed by atoms with Gasteiger partial charge in [0.15, 0.2) is 3.92 Å². The van der Waals surface area contributed by atoms with Gasteiger partial charge in [-0.25, -0.2) is 4.98 Å². The average molecular weight is 350 g/mol. The predicted molar refractivity (Wildman–Crippen MR) is 84.6 cm³/mol. The number of methoxy groups -OCH3 is 1. The molecule has 1 aromatic heterocycles. The molecule has 0 unspecified atom stereocenters. The van der Waals surface area contributed by atoms with Gasteiger partial charge in [-0.1, -0.05) is 30.3 Å². The topological polar surface area (TPSA) is 31.4 Å². The van der Waals surface area contributed by atoms with Crippen molar-refractivity contribution >= 4 is 37.5 Å². The second-order valence-electron chi connectivity index (χ2n) is 4.21. The Labute approximate surface area is 129 Å². The third kappa shape index (κ3) is 2.78. The molecule has 2 aromatic carbocycles. The Morgan fingerprint density at radius 1 is 1.20 bits per heavy atom. The van der Waals surface area contributed by atoms with Crippen LogP contribution in [0.2, 0.25) is 0 Å². The summed E-state index contributed by atoms with van der Waals surface area (Å²) in [6.45, 7) is 0.537. The molecule has 0 spiro atoms. The van der Waals surface area contributed by atoms with Crippen LogP contribution >= 0.6 is 27.3 Å². The summed E-state index contributed by atoms with van der Waals surface area (Å²) in [6, 6.07) is 13.9.